The Morgan fingerprint density at radius 1 is 1.30 bits per heavy atom. The van der Waals surface area contributed by atoms with Gasteiger partial charge in [-0.3, -0.25) is 9.69 Å². The molecule has 0 aromatic heterocycles. The van der Waals surface area contributed by atoms with Gasteiger partial charge in [0.25, 0.3) is 0 Å². The predicted octanol–water partition coefficient (Wildman–Crippen LogP) is 3.45. The van der Waals surface area contributed by atoms with E-state index in [1.165, 1.54) is 6.08 Å². The minimum Gasteiger partial charge on any atom is -0.336 e. The normalized spacial score (nSPS) is 22.5. The first-order valence-electron chi connectivity index (χ1n) is 7.82. The lowest BCUT2D eigenvalue weighted by molar-refractivity contribution is -0.133. The Morgan fingerprint density at radius 2 is 1.80 bits per heavy atom. The zero-order valence-corrected chi connectivity index (χ0v) is 14.2. The van der Waals surface area contributed by atoms with E-state index in [4.69, 9.17) is 0 Å². The van der Waals surface area contributed by atoms with Crippen LogP contribution in [0.3, 0.4) is 0 Å². The molecule has 1 aliphatic rings. The summed E-state index contributed by atoms with van der Waals surface area (Å²) in [5.41, 5.74) is 0.219. The molecule has 20 heavy (non-hydrogen) atoms. The van der Waals surface area contributed by atoms with Gasteiger partial charge < -0.3 is 4.90 Å². The summed E-state index contributed by atoms with van der Waals surface area (Å²) in [4.78, 5) is 16.7. The van der Waals surface area contributed by atoms with Crippen molar-refractivity contribution < 1.29 is 4.79 Å². The second kappa shape index (κ2) is 6.30. The van der Waals surface area contributed by atoms with Gasteiger partial charge in [-0.15, -0.1) is 0 Å². The zero-order chi connectivity index (χ0) is 15.6. The molecular weight excluding hydrogens is 248 g/mol. The lowest BCUT2D eigenvalue weighted by Crippen LogP contribution is -2.63. The van der Waals surface area contributed by atoms with Crippen molar-refractivity contribution in [2.24, 2.45) is 0 Å². The maximum absolute atomic E-state index is 12.2. The summed E-state index contributed by atoms with van der Waals surface area (Å²) < 4.78 is 0. The van der Waals surface area contributed by atoms with Gasteiger partial charge in [0, 0.05) is 23.7 Å². The molecule has 1 fully saturated rings. The van der Waals surface area contributed by atoms with Gasteiger partial charge in [-0.2, -0.15) is 0 Å². The number of likely N-dealkylation sites (tertiary alicyclic amines) is 1. The van der Waals surface area contributed by atoms with E-state index >= 15 is 0 Å². The number of amides is 1. The molecular formula is C17H32N2O. The Bertz CT molecular complexity index is 342. The highest BCUT2D eigenvalue weighted by atomic mass is 16.2. The number of carbonyl (C=O) groups is 1. The number of nitrogens with zero attached hydrogens (tertiary/aromatic N) is 2. The van der Waals surface area contributed by atoms with Crippen LogP contribution in [0.4, 0.5) is 0 Å². The lowest BCUT2D eigenvalue weighted by atomic mass is 9.77. The monoisotopic (exact) mass is 280 g/mol. The minimum atomic E-state index is 0.0830. The van der Waals surface area contributed by atoms with Gasteiger partial charge in [-0.1, -0.05) is 19.9 Å². The molecule has 3 heteroatoms. The first kappa shape index (κ1) is 17.2. The van der Waals surface area contributed by atoms with Crippen LogP contribution in [-0.2, 0) is 4.79 Å². The molecule has 0 unspecified atom stereocenters. The van der Waals surface area contributed by atoms with Gasteiger partial charge in [-0.05, 0) is 60.1 Å². The standard InChI is InChI=1S/C17H32N2O/c1-8-10-11-19(15(20)9-2)14-12-16(3,4)18(7)17(5,6)13-14/h9,14H,2,8,10-13H2,1,3-7H3. The fourth-order valence-electron chi connectivity index (χ4n) is 3.46. The highest BCUT2D eigenvalue weighted by molar-refractivity contribution is 5.87. The molecule has 1 rings (SSSR count). The molecule has 1 heterocycles. The number of unbranched alkanes of at least 4 members (excludes halogenated alkanes) is 1. The number of hydrogen-bond donors (Lipinski definition) is 0. The van der Waals surface area contributed by atoms with Crippen LogP contribution >= 0.6 is 0 Å². The molecule has 0 radical (unpaired) electrons. The van der Waals surface area contributed by atoms with Crippen molar-refractivity contribution in [2.75, 3.05) is 13.6 Å². The zero-order valence-electron chi connectivity index (χ0n) is 14.2. The van der Waals surface area contributed by atoms with Crippen LogP contribution < -0.4 is 0 Å². The maximum Gasteiger partial charge on any atom is 0.246 e. The van der Waals surface area contributed by atoms with E-state index < -0.39 is 0 Å². The van der Waals surface area contributed by atoms with Crippen LogP contribution in [0.25, 0.3) is 0 Å². The molecule has 0 atom stereocenters. The molecule has 1 aliphatic heterocycles. The van der Waals surface area contributed by atoms with Crippen molar-refractivity contribution in [3.63, 3.8) is 0 Å². The van der Waals surface area contributed by atoms with Crippen molar-refractivity contribution in [1.29, 1.82) is 0 Å². The topological polar surface area (TPSA) is 23.6 Å². The number of carbonyl (C=O) groups excluding carboxylic acids is 1. The third kappa shape index (κ3) is 3.63. The van der Waals surface area contributed by atoms with Crippen molar-refractivity contribution in [3.05, 3.63) is 12.7 Å². The summed E-state index contributed by atoms with van der Waals surface area (Å²) in [5.74, 6) is 0.0830. The van der Waals surface area contributed by atoms with E-state index in [1.54, 1.807) is 0 Å². The summed E-state index contributed by atoms with van der Waals surface area (Å²) in [5, 5.41) is 0. The molecule has 0 aromatic carbocycles. The summed E-state index contributed by atoms with van der Waals surface area (Å²) >= 11 is 0. The highest BCUT2D eigenvalue weighted by Gasteiger charge is 2.45. The molecule has 1 amide bonds. The molecule has 0 spiro atoms. The summed E-state index contributed by atoms with van der Waals surface area (Å²) in [6.07, 6.45) is 5.69. The molecule has 1 saturated heterocycles. The van der Waals surface area contributed by atoms with Crippen molar-refractivity contribution >= 4 is 5.91 Å². The lowest BCUT2D eigenvalue weighted by Gasteiger charge is -2.55. The second-order valence-corrected chi connectivity index (χ2v) is 7.34. The second-order valence-electron chi connectivity index (χ2n) is 7.34. The predicted molar refractivity (Wildman–Crippen MR) is 85.8 cm³/mol. The van der Waals surface area contributed by atoms with E-state index in [-0.39, 0.29) is 17.0 Å². The molecule has 0 aliphatic carbocycles. The molecule has 0 N–H and O–H groups in total. The Morgan fingerprint density at radius 3 is 2.20 bits per heavy atom. The Labute approximate surface area is 125 Å². The highest BCUT2D eigenvalue weighted by Crippen LogP contribution is 2.39. The smallest absolute Gasteiger partial charge is 0.246 e. The van der Waals surface area contributed by atoms with E-state index in [1.807, 2.05) is 4.90 Å². The van der Waals surface area contributed by atoms with Gasteiger partial charge in [0.1, 0.15) is 0 Å². The van der Waals surface area contributed by atoms with E-state index in [2.05, 4.69) is 53.1 Å². The Hall–Kier alpha value is -0.830. The molecule has 3 nitrogen and oxygen atoms in total. The van der Waals surface area contributed by atoms with Gasteiger partial charge in [0.05, 0.1) is 0 Å². The minimum absolute atomic E-state index is 0.0830. The Kier molecular flexibility index (Phi) is 5.42. The average Bonchev–Trinajstić information content (AvgIpc) is 2.35. The number of rotatable bonds is 5. The van der Waals surface area contributed by atoms with Gasteiger partial charge in [0.15, 0.2) is 0 Å². The van der Waals surface area contributed by atoms with Gasteiger partial charge in [0.2, 0.25) is 5.91 Å². The van der Waals surface area contributed by atoms with E-state index in [0.29, 0.717) is 6.04 Å². The van der Waals surface area contributed by atoms with E-state index in [0.717, 1.165) is 32.2 Å². The number of hydrogen-bond acceptors (Lipinski definition) is 2. The van der Waals surface area contributed by atoms with Crippen molar-refractivity contribution in [3.8, 4) is 0 Å². The van der Waals surface area contributed by atoms with Crippen LogP contribution in [0.1, 0.15) is 60.3 Å². The summed E-state index contributed by atoms with van der Waals surface area (Å²) in [6.45, 7) is 15.8. The first-order chi connectivity index (χ1) is 9.15. The summed E-state index contributed by atoms with van der Waals surface area (Å²) in [6, 6.07) is 0.313. The summed E-state index contributed by atoms with van der Waals surface area (Å²) in [7, 11) is 2.20. The fourth-order valence-corrected chi connectivity index (χ4v) is 3.46. The third-order valence-electron chi connectivity index (χ3n) is 4.94. The van der Waals surface area contributed by atoms with Crippen LogP contribution in [-0.4, -0.2) is 46.4 Å². The molecule has 0 bridgehead atoms. The maximum atomic E-state index is 12.2. The fraction of sp³-hybridized carbons (Fsp3) is 0.824. The third-order valence-corrected chi connectivity index (χ3v) is 4.94. The van der Waals surface area contributed by atoms with Gasteiger partial charge >= 0.3 is 0 Å². The van der Waals surface area contributed by atoms with Crippen LogP contribution in [0.15, 0.2) is 12.7 Å². The largest absolute Gasteiger partial charge is 0.336 e. The quantitative estimate of drug-likeness (QED) is 0.720. The first-order valence-corrected chi connectivity index (χ1v) is 7.82. The van der Waals surface area contributed by atoms with E-state index in [9.17, 15) is 4.79 Å². The average molecular weight is 280 g/mol. The molecule has 0 saturated carbocycles. The van der Waals surface area contributed by atoms with Crippen molar-refractivity contribution in [1.82, 2.24) is 9.80 Å². The molecule has 0 aromatic rings. The number of piperidine rings is 1. The van der Waals surface area contributed by atoms with Crippen LogP contribution in [0.2, 0.25) is 0 Å². The van der Waals surface area contributed by atoms with Crippen LogP contribution in [0.5, 0.6) is 0 Å². The SMILES string of the molecule is C=CC(=O)N(CCCC)C1CC(C)(C)N(C)C(C)(C)C1. The molecule has 116 valence electrons. The van der Waals surface area contributed by atoms with Gasteiger partial charge in [-0.25, -0.2) is 0 Å². The Balaban J connectivity index is 2.96. The van der Waals surface area contributed by atoms with Crippen LogP contribution in [0, 0.1) is 0 Å². The van der Waals surface area contributed by atoms with Crippen molar-refractivity contribution in [2.45, 2.75) is 77.4 Å².